The van der Waals surface area contributed by atoms with Gasteiger partial charge in [-0.3, -0.25) is 9.69 Å². The number of H-pyrrole nitrogens is 1. The second-order valence-electron chi connectivity index (χ2n) is 8.15. The number of piperidine rings is 1. The van der Waals surface area contributed by atoms with Crippen molar-refractivity contribution in [1.82, 2.24) is 15.2 Å². The Morgan fingerprint density at radius 2 is 1.77 bits per heavy atom. The third kappa shape index (κ3) is 3.66. The molecule has 2 fully saturated rings. The van der Waals surface area contributed by atoms with Crippen LogP contribution in [0.4, 0.5) is 0 Å². The fourth-order valence-corrected chi connectivity index (χ4v) is 4.96. The molecule has 2 heterocycles. The van der Waals surface area contributed by atoms with Gasteiger partial charge in [0, 0.05) is 29.2 Å². The SMILES string of the molecule is O=C(Cc1c[nH]c2ccccc12)NCC1(N2CCCCC2)CCCCC1. The fraction of sp³-hybridized carbons (Fsp3) is 0.591. The molecule has 1 amide bonds. The minimum absolute atomic E-state index is 0.150. The first-order valence-electron chi connectivity index (χ1n) is 10.3. The predicted octanol–water partition coefficient (Wildman–Crippen LogP) is 4.02. The fourth-order valence-electron chi connectivity index (χ4n) is 4.96. The van der Waals surface area contributed by atoms with Crippen molar-refractivity contribution in [3.8, 4) is 0 Å². The van der Waals surface area contributed by atoms with Crippen LogP contribution in [0.25, 0.3) is 10.9 Å². The van der Waals surface area contributed by atoms with Gasteiger partial charge < -0.3 is 10.3 Å². The van der Waals surface area contributed by atoms with Crippen LogP contribution in [0.2, 0.25) is 0 Å². The van der Waals surface area contributed by atoms with Crippen LogP contribution in [0, 0.1) is 0 Å². The average molecular weight is 354 g/mol. The summed E-state index contributed by atoms with van der Waals surface area (Å²) < 4.78 is 0. The molecule has 0 unspecified atom stereocenters. The molecule has 1 aliphatic carbocycles. The molecule has 4 nitrogen and oxygen atoms in total. The van der Waals surface area contributed by atoms with E-state index in [1.54, 1.807) is 0 Å². The molecular formula is C22H31N3O. The molecule has 1 aliphatic heterocycles. The largest absolute Gasteiger partial charge is 0.361 e. The molecule has 1 saturated carbocycles. The lowest BCUT2D eigenvalue weighted by Gasteiger charge is -2.48. The lowest BCUT2D eigenvalue weighted by atomic mass is 9.79. The quantitative estimate of drug-likeness (QED) is 0.853. The van der Waals surface area contributed by atoms with Crippen LogP contribution in [-0.4, -0.2) is 41.0 Å². The Morgan fingerprint density at radius 3 is 2.58 bits per heavy atom. The molecule has 0 atom stereocenters. The highest BCUT2D eigenvalue weighted by Crippen LogP contribution is 2.35. The number of fused-ring (bicyclic) bond motifs is 1. The molecular weight excluding hydrogens is 322 g/mol. The maximum atomic E-state index is 12.7. The van der Waals surface area contributed by atoms with E-state index in [4.69, 9.17) is 0 Å². The predicted molar refractivity (Wildman–Crippen MR) is 106 cm³/mol. The van der Waals surface area contributed by atoms with Gasteiger partial charge in [0.05, 0.1) is 6.42 Å². The van der Waals surface area contributed by atoms with E-state index < -0.39 is 0 Å². The second-order valence-corrected chi connectivity index (χ2v) is 8.15. The van der Waals surface area contributed by atoms with E-state index in [0.717, 1.165) is 23.0 Å². The summed E-state index contributed by atoms with van der Waals surface area (Å²) in [6.45, 7) is 3.23. The van der Waals surface area contributed by atoms with Crippen LogP contribution >= 0.6 is 0 Å². The van der Waals surface area contributed by atoms with Gasteiger partial charge in [0.1, 0.15) is 0 Å². The molecule has 1 aromatic carbocycles. The number of likely N-dealkylation sites (tertiary alicyclic amines) is 1. The summed E-state index contributed by atoms with van der Waals surface area (Å²) in [4.78, 5) is 18.6. The van der Waals surface area contributed by atoms with Gasteiger partial charge >= 0.3 is 0 Å². The first kappa shape index (κ1) is 17.6. The van der Waals surface area contributed by atoms with E-state index in [-0.39, 0.29) is 11.4 Å². The summed E-state index contributed by atoms with van der Waals surface area (Å²) in [5, 5.41) is 4.46. The van der Waals surface area contributed by atoms with Crippen molar-refractivity contribution in [2.24, 2.45) is 0 Å². The number of benzene rings is 1. The Bertz CT molecular complexity index is 739. The van der Waals surface area contributed by atoms with Crippen LogP contribution in [0.5, 0.6) is 0 Å². The van der Waals surface area contributed by atoms with Crippen molar-refractivity contribution >= 4 is 16.8 Å². The number of nitrogens with zero attached hydrogens (tertiary/aromatic N) is 1. The molecule has 26 heavy (non-hydrogen) atoms. The number of hydrogen-bond acceptors (Lipinski definition) is 2. The number of para-hydroxylation sites is 1. The molecule has 1 saturated heterocycles. The zero-order chi connectivity index (χ0) is 17.8. The first-order valence-corrected chi connectivity index (χ1v) is 10.3. The minimum Gasteiger partial charge on any atom is -0.361 e. The van der Waals surface area contributed by atoms with Gasteiger partial charge in [0.25, 0.3) is 0 Å². The third-order valence-corrected chi connectivity index (χ3v) is 6.45. The Kier molecular flexibility index (Phi) is 5.30. The van der Waals surface area contributed by atoms with Crippen LogP contribution in [0.3, 0.4) is 0 Å². The van der Waals surface area contributed by atoms with E-state index in [1.807, 2.05) is 18.3 Å². The van der Waals surface area contributed by atoms with Gasteiger partial charge in [-0.05, 0) is 50.4 Å². The summed E-state index contributed by atoms with van der Waals surface area (Å²) in [7, 11) is 0. The summed E-state index contributed by atoms with van der Waals surface area (Å²) >= 11 is 0. The van der Waals surface area contributed by atoms with E-state index in [9.17, 15) is 4.79 Å². The van der Waals surface area contributed by atoms with E-state index in [1.165, 1.54) is 64.5 Å². The van der Waals surface area contributed by atoms with Gasteiger partial charge in [-0.1, -0.05) is 43.9 Å². The molecule has 2 aliphatic rings. The highest BCUT2D eigenvalue weighted by atomic mass is 16.1. The van der Waals surface area contributed by atoms with Crippen molar-refractivity contribution in [2.45, 2.75) is 63.3 Å². The zero-order valence-electron chi connectivity index (χ0n) is 15.7. The maximum Gasteiger partial charge on any atom is 0.224 e. The van der Waals surface area contributed by atoms with Crippen molar-refractivity contribution in [2.75, 3.05) is 19.6 Å². The highest BCUT2D eigenvalue weighted by Gasteiger charge is 2.38. The smallest absolute Gasteiger partial charge is 0.224 e. The highest BCUT2D eigenvalue weighted by molar-refractivity contribution is 5.88. The normalized spacial score (nSPS) is 20.9. The van der Waals surface area contributed by atoms with Crippen LogP contribution in [-0.2, 0) is 11.2 Å². The summed E-state index contributed by atoms with van der Waals surface area (Å²) in [6, 6.07) is 8.20. The lowest BCUT2D eigenvalue weighted by molar-refractivity contribution is -0.121. The first-order chi connectivity index (χ1) is 12.8. The minimum atomic E-state index is 0.150. The molecule has 0 radical (unpaired) electrons. The van der Waals surface area contributed by atoms with Crippen LogP contribution in [0.1, 0.15) is 56.9 Å². The van der Waals surface area contributed by atoms with Gasteiger partial charge in [0.15, 0.2) is 0 Å². The van der Waals surface area contributed by atoms with Crippen molar-refractivity contribution < 1.29 is 4.79 Å². The Labute approximate surface area is 156 Å². The molecule has 1 aromatic heterocycles. The van der Waals surface area contributed by atoms with Crippen molar-refractivity contribution in [3.05, 3.63) is 36.0 Å². The van der Waals surface area contributed by atoms with Crippen molar-refractivity contribution in [1.29, 1.82) is 0 Å². The zero-order valence-corrected chi connectivity index (χ0v) is 15.7. The number of nitrogens with one attached hydrogen (secondary N) is 2. The van der Waals surface area contributed by atoms with Gasteiger partial charge in [-0.2, -0.15) is 0 Å². The number of aromatic amines is 1. The lowest BCUT2D eigenvalue weighted by Crippen LogP contribution is -2.58. The standard InChI is InChI=1S/C22H31N3O/c26-21(15-18-16-23-20-10-4-3-9-19(18)20)24-17-22(11-5-1-6-12-22)25-13-7-2-8-14-25/h3-4,9-10,16,23H,1-2,5-8,11-15,17H2,(H,24,26). The number of hydrogen-bond donors (Lipinski definition) is 2. The van der Waals surface area contributed by atoms with Gasteiger partial charge in [-0.25, -0.2) is 0 Å². The Morgan fingerprint density at radius 1 is 1.04 bits per heavy atom. The number of amides is 1. The van der Waals surface area contributed by atoms with E-state index in [2.05, 4.69) is 27.3 Å². The van der Waals surface area contributed by atoms with Gasteiger partial charge in [0.2, 0.25) is 5.91 Å². The molecule has 2 N–H and O–H groups in total. The van der Waals surface area contributed by atoms with E-state index in [0.29, 0.717) is 6.42 Å². The molecule has 4 rings (SSSR count). The second kappa shape index (κ2) is 7.83. The maximum absolute atomic E-state index is 12.7. The van der Waals surface area contributed by atoms with E-state index >= 15 is 0 Å². The molecule has 0 spiro atoms. The number of rotatable bonds is 5. The number of carbonyl (C=O) groups excluding carboxylic acids is 1. The average Bonchev–Trinajstić information content (AvgIpc) is 3.11. The Balaban J connectivity index is 1.41. The molecule has 4 heteroatoms. The van der Waals surface area contributed by atoms with Crippen molar-refractivity contribution in [3.63, 3.8) is 0 Å². The van der Waals surface area contributed by atoms with Crippen LogP contribution < -0.4 is 5.32 Å². The summed E-state index contributed by atoms with van der Waals surface area (Å²) in [5.74, 6) is 0.150. The Hall–Kier alpha value is -1.81. The number of aromatic nitrogens is 1. The molecule has 2 aromatic rings. The summed E-state index contributed by atoms with van der Waals surface area (Å²) in [5.41, 5.74) is 2.40. The third-order valence-electron chi connectivity index (χ3n) is 6.45. The van der Waals surface area contributed by atoms with Crippen LogP contribution in [0.15, 0.2) is 30.5 Å². The summed E-state index contributed by atoms with van der Waals surface area (Å²) in [6.07, 6.45) is 12.8. The topological polar surface area (TPSA) is 48.1 Å². The molecule has 140 valence electrons. The number of carbonyl (C=O) groups is 1. The monoisotopic (exact) mass is 353 g/mol. The van der Waals surface area contributed by atoms with Gasteiger partial charge in [-0.15, -0.1) is 0 Å². The molecule has 0 bridgehead atoms.